The minimum atomic E-state index is -1.62. The summed E-state index contributed by atoms with van der Waals surface area (Å²) in [6, 6.07) is 0. The zero-order valence-corrected chi connectivity index (χ0v) is 10.3. The Morgan fingerprint density at radius 1 is 1.31 bits per heavy atom. The molecule has 2 nitrogen and oxygen atoms in total. The van der Waals surface area contributed by atoms with Crippen LogP contribution in [0.25, 0.3) is 0 Å². The van der Waals surface area contributed by atoms with Crippen molar-refractivity contribution in [3.05, 3.63) is 12.2 Å². The van der Waals surface area contributed by atoms with Gasteiger partial charge < -0.3 is 4.43 Å². The predicted molar refractivity (Wildman–Crippen MR) is 58.4 cm³/mol. The quantitative estimate of drug-likeness (QED) is 0.396. The molecular formula is C10H20O2Si. The Morgan fingerprint density at radius 2 is 1.85 bits per heavy atom. The molecule has 0 saturated carbocycles. The molecule has 3 heteroatoms. The van der Waals surface area contributed by atoms with Gasteiger partial charge in [-0.1, -0.05) is 26.8 Å². The van der Waals surface area contributed by atoms with Gasteiger partial charge in [0.1, 0.15) is 6.29 Å². The maximum Gasteiger partial charge on any atom is 0.192 e. The molecule has 0 N–H and O–H groups in total. The molecule has 0 heterocycles. The third-order valence-corrected chi connectivity index (χ3v) is 7.06. The number of allylic oxidation sites excluding steroid dienone is 1. The normalized spacial score (nSPS) is 13.6. The largest absolute Gasteiger partial charge is 0.413 e. The molecule has 13 heavy (non-hydrogen) atoms. The van der Waals surface area contributed by atoms with E-state index < -0.39 is 8.32 Å². The Morgan fingerprint density at radius 3 is 2.23 bits per heavy atom. The van der Waals surface area contributed by atoms with Crippen molar-refractivity contribution in [1.29, 1.82) is 0 Å². The van der Waals surface area contributed by atoms with E-state index in [2.05, 4.69) is 33.9 Å². The van der Waals surface area contributed by atoms with Crippen molar-refractivity contribution in [3.8, 4) is 0 Å². The van der Waals surface area contributed by atoms with Crippen molar-refractivity contribution in [2.45, 2.75) is 38.9 Å². The number of carbonyl (C=O) groups is 1. The first kappa shape index (κ1) is 12.6. The standard InChI is InChI=1S/C10H20O2Si/c1-10(2,3)13(4,5)12-9-7-6-8-11/h6-8H,9H2,1-5H3/b7-6-. The second-order valence-corrected chi connectivity index (χ2v) is 9.44. The molecule has 0 saturated heterocycles. The highest BCUT2D eigenvalue weighted by molar-refractivity contribution is 6.74. The molecule has 0 spiro atoms. The third-order valence-electron chi connectivity index (χ3n) is 2.56. The average Bonchev–Trinajstić information content (AvgIpc) is 1.96. The zero-order valence-electron chi connectivity index (χ0n) is 9.26. The Labute approximate surface area is 82.1 Å². The van der Waals surface area contributed by atoms with Crippen molar-refractivity contribution in [2.75, 3.05) is 6.61 Å². The van der Waals surface area contributed by atoms with Gasteiger partial charge in [-0.15, -0.1) is 0 Å². The van der Waals surface area contributed by atoms with Crippen molar-refractivity contribution in [2.24, 2.45) is 0 Å². The molecule has 0 radical (unpaired) electrons. The van der Waals surface area contributed by atoms with Crippen LogP contribution in [0.5, 0.6) is 0 Å². The minimum absolute atomic E-state index is 0.238. The van der Waals surface area contributed by atoms with E-state index in [4.69, 9.17) is 4.43 Å². The van der Waals surface area contributed by atoms with Crippen LogP contribution in [-0.2, 0) is 9.22 Å². The van der Waals surface area contributed by atoms with E-state index in [0.717, 1.165) is 6.29 Å². The molecule has 0 aromatic rings. The molecule has 0 amide bonds. The molecule has 0 aliphatic heterocycles. The van der Waals surface area contributed by atoms with Gasteiger partial charge in [-0.3, -0.25) is 4.79 Å². The highest BCUT2D eigenvalue weighted by Crippen LogP contribution is 2.36. The first-order chi connectivity index (χ1) is 5.81. The van der Waals surface area contributed by atoms with Crippen LogP contribution in [0.1, 0.15) is 20.8 Å². The van der Waals surface area contributed by atoms with Crippen LogP contribution in [0.3, 0.4) is 0 Å². The topological polar surface area (TPSA) is 26.3 Å². The van der Waals surface area contributed by atoms with Crippen molar-refractivity contribution in [3.63, 3.8) is 0 Å². The Balaban J connectivity index is 4.04. The van der Waals surface area contributed by atoms with Crippen LogP contribution in [0.15, 0.2) is 12.2 Å². The number of hydrogen-bond acceptors (Lipinski definition) is 2. The average molecular weight is 200 g/mol. The van der Waals surface area contributed by atoms with E-state index in [1.807, 2.05) is 0 Å². The molecule has 0 aromatic carbocycles. The van der Waals surface area contributed by atoms with Gasteiger partial charge in [-0.25, -0.2) is 0 Å². The van der Waals surface area contributed by atoms with Crippen LogP contribution < -0.4 is 0 Å². The van der Waals surface area contributed by atoms with E-state index in [9.17, 15) is 4.79 Å². The van der Waals surface area contributed by atoms with Crippen LogP contribution in [0, 0.1) is 0 Å². The van der Waals surface area contributed by atoms with Gasteiger partial charge in [0.05, 0.1) is 6.61 Å². The second-order valence-electron chi connectivity index (χ2n) is 4.64. The smallest absolute Gasteiger partial charge is 0.192 e. The monoisotopic (exact) mass is 200 g/mol. The molecule has 0 aliphatic carbocycles. The second kappa shape index (κ2) is 4.72. The van der Waals surface area contributed by atoms with Crippen LogP contribution in [-0.4, -0.2) is 21.2 Å². The summed E-state index contributed by atoms with van der Waals surface area (Å²) >= 11 is 0. The van der Waals surface area contributed by atoms with Crippen LogP contribution in [0.2, 0.25) is 18.1 Å². The van der Waals surface area contributed by atoms with Gasteiger partial charge in [0.2, 0.25) is 0 Å². The van der Waals surface area contributed by atoms with Crippen LogP contribution in [0.4, 0.5) is 0 Å². The summed E-state index contributed by atoms with van der Waals surface area (Å²) in [6.07, 6.45) is 4.01. The number of carbonyl (C=O) groups excluding carboxylic acids is 1. The first-order valence-corrected chi connectivity index (χ1v) is 7.46. The van der Waals surface area contributed by atoms with Crippen LogP contribution >= 0.6 is 0 Å². The summed E-state index contributed by atoms with van der Waals surface area (Å²) in [6.45, 7) is 11.5. The maximum absolute atomic E-state index is 10.00. The van der Waals surface area contributed by atoms with E-state index in [0.29, 0.717) is 6.61 Å². The summed E-state index contributed by atoms with van der Waals surface area (Å²) in [7, 11) is -1.62. The van der Waals surface area contributed by atoms with E-state index in [-0.39, 0.29) is 5.04 Å². The Kier molecular flexibility index (Phi) is 4.57. The summed E-state index contributed by atoms with van der Waals surface area (Å²) in [4.78, 5) is 10.00. The summed E-state index contributed by atoms with van der Waals surface area (Å²) in [5.41, 5.74) is 0. The summed E-state index contributed by atoms with van der Waals surface area (Å²) in [5.74, 6) is 0. The number of rotatable bonds is 4. The molecule has 76 valence electrons. The fourth-order valence-corrected chi connectivity index (χ4v) is 1.53. The SMILES string of the molecule is CC(C)(C)[Si](C)(C)OC/C=C\C=O. The number of hydrogen-bond donors (Lipinski definition) is 0. The Hall–Kier alpha value is -0.413. The number of aldehydes is 1. The molecular weight excluding hydrogens is 180 g/mol. The lowest BCUT2D eigenvalue weighted by Gasteiger charge is -2.35. The highest BCUT2D eigenvalue weighted by atomic mass is 28.4. The molecule has 0 bridgehead atoms. The van der Waals surface area contributed by atoms with E-state index in [1.54, 1.807) is 6.08 Å². The summed E-state index contributed by atoms with van der Waals surface area (Å²) < 4.78 is 5.79. The fourth-order valence-electron chi connectivity index (χ4n) is 0.584. The molecule has 0 fully saturated rings. The molecule has 0 aromatic heterocycles. The molecule has 0 atom stereocenters. The maximum atomic E-state index is 10.00. The van der Waals surface area contributed by atoms with E-state index in [1.165, 1.54) is 6.08 Å². The van der Waals surface area contributed by atoms with Crippen molar-refractivity contribution < 1.29 is 9.22 Å². The van der Waals surface area contributed by atoms with Gasteiger partial charge in [-0.05, 0) is 24.2 Å². The lowest BCUT2D eigenvalue weighted by Crippen LogP contribution is -2.40. The lowest BCUT2D eigenvalue weighted by molar-refractivity contribution is -0.104. The molecule has 0 aliphatic rings. The summed E-state index contributed by atoms with van der Waals surface area (Å²) in [5, 5.41) is 0.238. The first-order valence-electron chi connectivity index (χ1n) is 4.55. The van der Waals surface area contributed by atoms with Gasteiger partial charge in [0.25, 0.3) is 0 Å². The van der Waals surface area contributed by atoms with Gasteiger partial charge in [0.15, 0.2) is 8.32 Å². The lowest BCUT2D eigenvalue weighted by atomic mass is 10.2. The van der Waals surface area contributed by atoms with Gasteiger partial charge >= 0.3 is 0 Å². The van der Waals surface area contributed by atoms with Crippen molar-refractivity contribution >= 4 is 14.6 Å². The van der Waals surface area contributed by atoms with Gasteiger partial charge in [0, 0.05) is 0 Å². The zero-order chi connectivity index (χ0) is 10.5. The highest BCUT2D eigenvalue weighted by Gasteiger charge is 2.36. The fraction of sp³-hybridized carbons (Fsp3) is 0.700. The van der Waals surface area contributed by atoms with Gasteiger partial charge in [-0.2, -0.15) is 0 Å². The predicted octanol–water partition coefficient (Wildman–Crippen LogP) is 2.76. The minimum Gasteiger partial charge on any atom is -0.413 e. The van der Waals surface area contributed by atoms with Crippen molar-refractivity contribution in [1.82, 2.24) is 0 Å². The Bertz CT molecular complexity index is 190. The molecule has 0 unspecified atom stereocenters. The third kappa shape index (κ3) is 4.38. The van der Waals surface area contributed by atoms with E-state index >= 15 is 0 Å². The molecule has 0 rings (SSSR count).